The maximum absolute atomic E-state index is 4.50. The zero-order valence-electron chi connectivity index (χ0n) is 10.3. The van der Waals surface area contributed by atoms with Crippen molar-refractivity contribution in [2.75, 3.05) is 16.8 Å². The highest BCUT2D eigenvalue weighted by atomic mass is 32.2. The molecule has 1 unspecified atom stereocenters. The molecular formula is C13H21N3S. The molecule has 1 atom stereocenters. The Hall–Kier alpha value is -0.640. The van der Waals surface area contributed by atoms with Crippen molar-refractivity contribution in [3.05, 3.63) is 12.4 Å². The summed E-state index contributed by atoms with van der Waals surface area (Å²) in [5, 5.41) is 3.65. The summed E-state index contributed by atoms with van der Waals surface area (Å²) in [7, 11) is 0. The lowest BCUT2D eigenvalue weighted by Gasteiger charge is -2.24. The van der Waals surface area contributed by atoms with Crippen molar-refractivity contribution < 1.29 is 0 Å². The Balaban J connectivity index is 1.67. The number of hydrogen-bond acceptors (Lipinski definition) is 3. The Morgan fingerprint density at radius 2 is 2.12 bits per heavy atom. The van der Waals surface area contributed by atoms with Gasteiger partial charge in [-0.1, -0.05) is 19.3 Å². The first kappa shape index (κ1) is 11.5. The lowest BCUT2D eigenvalue weighted by atomic mass is 9.96. The standard InChI is InChI=1S/C13H21N3S/c1-2-4-11(5-3-1)15-13-14-7-8-16(13)12-6-9-17-10-12/h7-8,11-12H,1-6,9-10H2,(H,14,15). The molecule has 1 N–H and O–H groups in total. The first-order valence-electron chi connectivity index (χ1n) is 6.80. The number of aromatic nitrogens is 2. The van der Waals surface area contributed by atoms with Crippen molar-refractivity contribution in [2.24, 2.45) is 0 Å². The maximum Gasteiger partial charge on any atom is 0.203 e. The van der Waals surface area contributed by atoms with Gasteiger partial charge in [0.1, 0.15) is 0 Å². The van der Waals surface area contributed by atoms with Gasteiger partial charge >= 0.3 is 0 Å². The predicted molar refractivity (Wildman–Crippen MR) is 73.7 cm³/mol. The second-order valence-electron chi connectivity index (χ2n) is 5.15. The second kappa shape index (κ2) is 5.34. The van der Waals surface area contributed by atoms with Crippen LogP contribution in [0, 0.1) is 0 Å². The van der Waals surface area contributed by atoms with E-state index in [1.807, 2.05) is 6.20 Å². The average Bonchev–Trinajstić information content (AvgIpc) is 3.00. The van der Waals surface area contributed by atoms with Crippen LogP contribution in [0.4, 0.5) is 5.95 Å². The van der Waals surface area contributed by atoms with Crippen molar-refractivity contribution in [2.45, 2.75) is 50.6 Å². The molecule has 0 radical (unpaired) electrons. The van der Waals surface area contributed by atoms with E-state index in [4.69, 9.17) is 0 Å². The molecule has 0 bridgehead atoms. The number of thioether (sulfide) groups is 1. The summed E-state index contributed by atoms with van der Waals surface area (Å²) >= 11 is 2.06. The minimum absolute atomic E-state index is 0.652. The summed E-state index contributed by atoms with van der Waals surface area (Å²) < 4.78 is 2.36. The van der Waals surface area contributed by atoms with Crippen LogP contribution in [0.2, 0.25) is 0 Å². The fourth-order valence-electron chi connectivity index (χ4n) is 2.89. The molecule has 17 heavy (non-hydrogen) atoms. The van der Waals surface area contributed by atoms with Crippen LogP contribution >= 0.6 is 11.8 Å². The Labute approximate surface area is 107 Å². The molecule has 1 aliphatic carbocycles. The summed E-state index contributed by atoms with van der Waals surface area (Å²) in [4.78, 5) is 4.50. The third kappa shape index (κ3) is 2.62. The second-order valence-corrected chi connectivity index (χ2v) is 6.30. The van der Waals surface area contributed by atoms with Gasteiger partial charge in [-0.2, -0.15) is 11.8 Å². The van der Waals surface area contributed by atoms with Crippen molar-refractivity contribution in [1.82, 2.24) is 9.55 Å². The molecule has 2 heterocycles. The van der Waals surface area contributed by atoms with E-state index < -0.39 is 0 Å². The van der Waals surface area contributed by atoms with Crippen molar-refractivity contribution in [1.29, 1.82) is 0 Å². The SMILES string of the molecule is c1cn(C2CCSC2)c(NC2CCCCC2)n1. The first-order valence-corrected chi connectivity index (χ1v) is 7.96. The molecule has 1 saturated carbocycles. The fourth-order valence-corrected chi connectivity index (χ4v) is 4.10. The van der Waals surface area contributed by atoms with Crippen LogP contribution < -0.4 is 5.32 Å². The zero-order valence-corrected chi connectivity index (χ0v) is 11.1. The van der Waals surface area contributed by atoms with Gasteiger partial charge in [0.05, 0.1) is 0 Å². The third-order valence-electron chi connectivity index (χ3n) is 3.91. The summed E-state index contributed by atoms with van der Waals surface area (Å²) in [5.74, 6) is 3.64. The van der Waals surface area contributed by atoms with E-state index in [1.54, 1.807) is 0 Å². The number of rotatable bonds is 3. The van der Waals surface area contributed by atoms with Crippen LogP contribution in [0.3, 0.4) is 0 Å². The van der Waals surface area contributed by atoms with E-state index in [0.717, 1.165) is 5.95 Å². The Bertz CT molecular complexity index is 351. The van der Waals surface area contributed by atoms with E-state index in [1.165, 1.54) is 50.0 Å². The molecule has 1 saturated heterocycles. The number of nitrogens with zero attached hydrogens (tertiary/aromatic N) is 2. The van der Waals surface area contributed by atoms with E-state index in [9.17, 15) is 0 Å². The highest BCUT2D eigenvalue weighted by molar-refractivity contribution is 7.99. The minimum Gasteiger partial charge on any atom is -0.353 e. The molecule has 94 valence electrons. The fraction of sp³-hybridized carbons (Fsp3) is 0.769. The summed E-state index contributed by atoms with van der Waals surface area (Å²) in [5.41, 5.74) is 0. The van der Waals surface area contributed by atoms with Crippen molar-refractivity contribution in [3.8, 4) is 0 Å². The van der Waals surface area contributed by atoms with Crippen LogP contribution in [0.1, 0.15) is 44.6 Å². The molecule has 0 spiro atoms. The lowest BCUT2D eigenvalue weighted by Crippen LogP contribution is -2.25. The molecule has 1 aliphatic heterocycles. The number of imidazole rings is 1. The molecule has 3 nitrogen and oxygen atoms in total. The molecule has 0 amide bonds. The smallest absolute Gasteiger partial charge is 0.203 e. The topological polar surface area (TPSA) is 29.9 Å². The molecule has 4 heteroatoms. The highest BCUT2D eigenvalue weighted by Crippen LogP contribution is 2.30. The van der Waals surface area contributed by atoms with E-state index >= 15 is 0 Å². The van der Waals surface area contributed by atoms with Crippen LogP contribution in [-0.4, -0.2) is 27.1 Å². The van der Waals surface area contributed by atoms with Crippen LogP contribution in [0.15, 0.2) is 12.4 Å². The monoisotopic (exact) mass is 251 g/mol. The Kier molecular flexibility index (Phi) is 3.60. The number of hydrogen-bond donors (Lipinski definition) is 1. The summed E-state index contributed by atoms with van der Waals surface area (Å²) in [6.07, 6.45) is 12.1. The largest absolute Gasteiger partial charge is 0.353 e. The van der Waals surface area contributed by atoms with E-state index in [2.05, 4.69) is 32.8 Å². The highest BCUT2D eigenvalue weighted by Gasteiger charge is 2.21. The molecule has 3 rings (SSSR count). The number of anilines is 1. The summed E-state index contributed by atoms with van der Waals surface area (Å²) in [6, 6.07) is 1.31. The van der Waals surface area contributed by atoms with Crippen LogP contribution in [-0.2, 0) is 0 Å². The van der Waals surface area contributed by atoms with Gasteiger partial charge in [0, 0.05) is 30.2 Å². The van der Waals surface area contributed by atoms with Gasteiger partial charge in [0.15, 0.2) is 0 Å². The lowest BCUT2D eigenvalue weighted by molar-refractivity contribution is 0.456. The van der Waals surface area contributed by atoms with E-state index in [0.29, 0.717) is 12.1 Å². The Morgan fingerprint density at radius 1 is 1.24 bits per heavy atom. The predicted octanol–water partition coefficient (Wildman–Crippen LogP) is 3.31. The maximum atomic E-state index is 4.50. The van der Waals surface area contributed by atoms with Gasteiger partial charge in [0.25, 0.3) is 0 Å². The molecular weight excluding hydrogens is 230 g/mol. The molecule has 1 aromatic rings. The van der Waals surface area contributed by atoms with Gasteiger partial charge < -0.3 is 9.88 Å². The van der Waals surface area contributed by atoms with Gasteiger partial charge in [-0.15, -0.1) is 0 Å². The zero-order chi connectivity index (χ0) is 11.5. The van der Waals surface area contributed by atoms with Crippen LogP contribution in [0.25, 0.3) is 0 Å². The van der Waals surface area contributed by atoms with Crippen molar-refractivity contribution in [3.63, 3.8) is 0 Å². The number of nitrogens with one attached hydrogen (secondary N) is 1. The van der Waals surface area contributed by atoms with Gasteiger partial charge in [-0.25, -0.2) is 4.98 Å². The van der Waals surface area contributed by atoms with E-state index in [-0.39, 0.29) is 0 Å². The summed E-state index contributed by atoms with van der Waals surface area (Å²) in [6.45, 7) is 0. The van der Waals surface area contributed by atoms with Gasteiger partial charge in [0.2, 0.25) is 5.95 Å². The first-order chi connectivity index (χ1) is 8.43. The molecule has 2 fully saturated rings. The third-order valence-corrected chi connectivity index (χ3v) is 5.05. The van der Waals surface area contributed by atoms with Gasteiger partial charge in [-0.3, -0.25) is 0 Å². The Morgan fingerprint density at radius 3 is 2.88 bits per heavy atom. The molecule has 1 aromatic heterocycles. The molecule has 2 aliphatic rings. The van der Waals surface area contributed by atoms with Crippen LogP contribution in [0.5, 0.6) is 0 Å². The normalized spacial score (nSPS) is 26.2. The average molecular weight is 251 g/mol. The quantitative estimate of drug-likeness (QED) is 0.894. The minimum atomic E-state index is 0.652. The van der Waals surface area contributed by atoms with Crippen molar-refractivity contribution >= 4 is 17.7 Å². The van der Waals surface area contributed by atoms with Gasteiger partial charge in [-0.05, 0) is 25.0 Å². The molecule has 0 aromatic carbocycles.